The van der Waals surface area contributed by atoms with Crippen LogP contribution in [0.1, 0.15) is 20.8 Å². The highest BCUT2D eigenvalue weighted by Crippen LogP contribution is 2.37. The highest BCUT2D eigenvalue weighted by atomic mass is 32.1. The number of rotatable bonds is 1. The fraction of sp³-hybridized carbons (Fsp3) is 0.727. The normalized spacial score (nSPS) is 45.2. The smallest absolute Gasteiger partial charge is 0.157 e. The molecule has 1 saturated heterocycles. The number of hydrogen-bond donors (Lipinski definition) is 0. The molecule has 2 rings (SSSR count). The molecule has 0 N–H and O–H groups in total. The van der Waals surface area contributed by atoms with E-state index in [4.69, 9.17) is 21.7 Å². The van der Waals surface area contributed by atoms with Gasteiger partial charge in [0.05, 0.1) is 12.2 Å². The number of thiocarbonyl (C=S) groups is 1. The zero-order chi connectivity index (χ0) is 10.3. The van der Waals surface area contributed by atoms with E-state index in [9.17, 15) is 0 Å². The molecule has 0 aromatic carbocycles. The third kappa shape index (κ3) is 1.59. The highest BCUT2D eigenvalue weighted by Gasteiger charge is 2.43. The molecule has 0 aliphatic carbocycles. The fourth-order valence-corrected chi connectivity index (χ4v) is 2.46. The summed E-state index contributed by atoms with van der Waals surface area (Å²) in [5.41, 5.74) is 0. The summed E-state index contributed by atoms with van der Waals surface area (Å²) in [5, 5.41) is 0.634. The van der Waals surface area contributed by atoms with Gasteiger partial charge in [-0.25, -0.2) is 0 Å². The summed E-state index contributed by atoms with van der Waals surface area (Å²) in [6.07, 6.45) is 4.93. The molecule has 0 aromatic rings. The van der Waals surface area contributed by atoms with Crippen LogP contribution >= 0.6 is 12.2 Å². The van der Waals surface area contributed by atoms with Gasteiger partial charge in [0, 0.05) is 18.8 Å². The second kappa shape index (κ2) is 3.63. The van der Waals surface area contributed by atoms with E-state index in [2.05, 4.69) is 26.0 Å². The highest BCUT2D eigenvalue weighted by molar-refractivity contribution is 7.80. The molecule has 3 heteroatoms. The van der Waals surface area contributed by atoms with Gasteiger partial charge in [-0.2, -0.15) is 0 Å². The first-order chi connectivity index (χ1) is 6.59. The molecule has 2 nitrogen and oxygen atoms in total. The van der Waals surface area contributed by atoms with Crippen LogP contribution in [0.4, 0.5) is 0 Å². The molecule has 2 heterocycles. The topological polar surface area (TPSA) is 18.5 Å². The van der Waals surface area contributed by atoms with E-state index in [1.165, 1.54) is 0 Å². The van der Waals surface area contributed by atoms with Gasteiger partial charge >= 0.3 is 0 Å². The first kappa shape index (κ1) is 10.1. The van der Waals surface area contributed by atoms with Crippen LogP contribution in [0.2, 0.25) is 0 Å². The Morgan fingerprint density at radius 3 is 2.14 bits per heavy atom. The average molecular weight is 212 g/mol. The Balaban J connectivity index is 2.13. The van der Waals surface area contributed by atoms with Crippen molar-refractivity contribution in [1.29, 1.82) is 0 Å². The fourth-order valence-electron chi connectivity index (χ4n) is 2.35. The minimum atomic E-state index is 0.200. The van der Waals surface area contributed by atoms with E-state index in [-0.39, 0.29) is 18.3 Å². The standard InChI is InChI=1S/C11H16O2S/c1-6-9-4-5-10(13-9)7(2)11(6)12-8(3)14/h4-7,9-11H,1-3H3/t6-,7-,9-,10+,11?/m0/s1. The van der Waals surface area contributed by atoms with Crippen molar-refractivity contribution in [2.75, 3.05) is 0 Å². The van der Waals surface area contributed by atoms with E-state index < -0.39 is 0 Å². The van der Waals surface area contributed by atoms with Crippen molar-refractivity contribution in [2.24, 2.45) is 11.8 Å². The van der Waals surface area contributed by atoms with Crippen LogP contribution in [-0.4, -0.2) is 23.4 Å². The van der Waals surface area contributed by atoms with Crippen molar-refractivity contribution < 1.29 is 9.47 Å². The minimum absolute atomic E-state index is 0.200. The van der Waals surface area contributed by atoms with Gasteiger partial charge in [0.15, 0.2) is 5.05 Å². The van der Waals surface area contributed by atoms with Crippen molar-refractivity contribution in [1.82, 2.24) is 0 Å². The van der Waals surface area contributed by atoms with Gasteiger partial charge in [0.1, 0.15) is 6.10 Å². The summed E-state index contributed by atoms with van der Waals surface area (Å²) < 4.78 is 11.5. The molecule has 2 aliphatic heterocycles. The quantitative estimate of drug-likeness (QED) is 0.491. The molecule has 2 bridgehead atoms. The minimum Gasteiger partial charge on any atom is -0.483 e. The molecule has 5 atom stereocenters. The molecular formula is C11H16O2S. The molecule has 0 amide bonds. The van der Waals surface area contributed by atoms with Crippen molar-refractivity contribution in [2.45, 2.75) is 39.1 Å². The zero-order valence-electron chi connectivity index (χ0n) is 8.77. The molecule has 78 valence electrons. The molecular weight excluding hydrogens is 196 g/mol. The van der Waals surface area contributed by atoms with Crippen molar-refractivity contribution in [3.63, 3.8) is 0 Å². The van der Waals surface area contributed by atoms with Crippen LogP contribution in [0.5, 0.6) is 0 Å². The van der Waals surface area contributed by atoms with Crippen LogP contribution in [0.25, 0.3) is 0 Å². The van der Waals surface area contributed by atoms with Crippen molar-refractivity contribution >= 4 is 17.3 Å². The maximum atomic E-state index is 5.80. The lowest BCUT2D eigenvalue weighted by Crippen LogP contribution is -2.46. The van der Waals surface area contributed by atoms with Crippen molar-refractivity contribution in [3.8, 4) is 0 Å². The molecule has 1 unspecified atom stereocenters. The predicted molar refractivity (Wildman–Crippen MR) is 59.3 cm³/mol. The van der Waals surface area contributed by atoms with Crippen LogP contribution in [0, 0.1) is 11.8 Å². The summed E-state index contributed by atoms with van der Waals surface area (Å²) in [4.78, 5) is 0. The Hall–Kier alpha value is -0.410. The molecule has 0 spiro atoms. The zero-order valence-corrected chi connectivity index (χ0v) is 9.58. The Morgan fingerprint density at radius 1 is 1.21 bits per heavy atom. The maximum Gasteiger partial charge on any atom is 0.157 e. The first-order valence-corrected chi connectivity index (χ1v) is 5.51. The average Bonchev–Trinajstić information content (AvgIpc) is 2.55. The van der Waals surface area contributed by atoms with E-state index in [1.54, 1.807) is 0 Å². The molecule has 2 aliphatic rings. The van der Waals surface area contributed by atoms with Gasteiger partial charge in [-0.05, 0) is 12.2 Å². The van der Waals surface area contributed by atoms with Gasteiger partial charge in [-0.1, -0.05) is 26.0 Å². The first-order valence-electron chi connectivity index (χ1n) is 5.10. The van der Waals surface area contributed by atoms with Crippen LogP contribution in [-0.2, 0) is 9.47 Å². The summed E-state index contributed by atoms with van der Waals surface area (Å²) in [5.74, 6) is 0.774. The molecule has 1 fully saturated rings. The lowest BCUT2D eigenvalue weighted by Gasteiger charge is -2.39. The van der Waals surface area contributed by atoms with Gasteiger partial charge in [0.25, 0.3) is 0 Å². The van der Waals surface area contributed by atoms with Gasteiger partial charge < -0.3 is 9.47 Å². The van der Waals surface area contributed by atoms with Crippen LogP contribution in [0.3, 0.4) is 0 Å². The summed E-state index contributed by atoms with van der Waals surface area (Å²) >= 11 is 5.00. The molecule has 0 saturated carbocycles. The Bertz CT molecular complexity index is 256. The van der Waals surface area contributed by atoms with E-state index in [1.807, 2.05) is 6.92 Å². The second-order valence-electron chi connectivity index (χ2n) is 4.24. The summed E-state index contributed by atoms with van der Waals surface area (Å²) in [6.45, 7) is 6.16. The Kier molecular flexibility index (Phi) is 2.62. The number of fused-ring (bicyclic) bond motifs is 2. The monoisotopic (exact) mass is 212 g/mol. The summed E-state index contributed by atoms with van der Waals surface area (Å²) in [7, 11) is 0. The molecule has 0 radical (unpaired) electrons. The van der Waals surface area contributed by atoms with Gasteiger partial charge in [-0.3, -0.25) is 0 Å². The van der Waals surface area contributed by atoms with E-state index in [0.717, 1.165) is 0 Å². The molecule has 14 heavy (non-hydrogen) atoms. The third-order valence-electron chi connectivity index (χ3n) is 3.18. The van der Waals surface area contributed by atoms with E-state index in [0.29, 0.717) is 16.9 Å². The van der Waals surface area contributed by atoms with E-state index >= 15 is 0 Å². The summed E-state index contributed by atoms with van der Waals surface area (Å²) in [6, 6.07) is 0. The van der Waals surface area contributed by atoms with Crippen LogP contribution in [0.15, 0.2) is 12.2 Å². The van der Waals surface area contributed by atoms with Crippen LogP contribution < -0.4 is 0 Å². The number of ether oxygens (including phenoxy) is 2. The van der Waals surface area contributed by atoms with Gasteiger partial charge in [0.2, 0.25) is 0 Å². The SMILES string of the molecule is CC(=S)OC1[C@@H](C)[C@@H]2C=C[C@@H](O2)[C@@H]1C. The largest absolute Gasteiger partial charge is 0.483 e. The second-order valence-corrected chi connectivity index (χ2v) is 4.82. The lowest BCUT2D eigenvalue weighted by atomic mass is 9.86. The van der Waals surface area contributed by atoms with Gasteiger partial charge in [-0.15, -0.1) is 0 Å². The number of hydrogen-bond acceptors (Lipinski definition) is 3. The lowest BCUT2D eigenvalue weighted by molar-refractivity contribution is -0.110. The van der Waals surface area contributed by atoms with Crippen molar-refractivity contribution in [3.05, 3.63) is 12.2 Å². The third-order valence-corrected chi connectivity index (χ3v) is 3.28. The Morgan fingerprint density at radius 2 is 1.71 bits per heavy atom. The predicted octanol–water partition coefficient (Wildman–Crippen LogP) is 2.33. The molecule has 0 aromatic heterocycles. The maximum absolute atomic E-state index is 5.80. The Labute approximate surface area is 90.3 Å².